The fourth-order valence-corrected chi connectivity index (χ4v) is 4.15. The molecule has 38 heavy (non-hydrogen) atoms. The number of anilines is 3. The molecule has 9 heteroatoms. The summed E-state index contributed by atoms with van der Waals surface area (Å²) in [6.07, 6.45) is -1.50. The molecule has 4 rings (SSSR count). The molecule has 0 aliphatic carbocycles. The number of aliphatic carboxylic acids is 1. The number of hydrogen-bond acceptors (Lipinski definition) is 4. The smallest absolute Gasteiger partial charge is 0.416 e. The highest BCUT2D eigenvalue weighted by atomic mass is 19.4. The molecule has 1 amide bonds. The van der Waals surface area contributed by atoms with Crippen molar-refractivity contribution in [3.05, 3.63) is 94.2 Å². The van der Waals surface area contributed by atoms with Crippen LogP contribution in [-0.2, 0) is 15.8 Å². The van der Waals surface area contributed by atoms with Gasteiger partial charge >= 0.3 is 12.1 Å². The van der Waals surface area contributed by atoms with Crippen LogP contribution in [0.3, 0.4) is 0 Å². The van der Waals surface area contributed by atoms with E-state index >= 15 is 0 Å². The second-order valence-corrected chi connectivity index (χ2v) is 8.95. The lowest BCUT2D eigenvalue weighted by molar-refractivity contribution is -0.137. The first-order valence-corrected chi connectivity index (χ1v) is 11.8. The first-order chi connectivity index (χ1) is 17.9. The predicted octanol–water partition coefficient (Wildman–Crippen LogP) is 7.04. The Morgan fingerprint density at radius 2 is 1.76 bits per heavy atom. The summed E-state index contributed by atoms with van der Waals surface area (Å²) in [7, 11) is 0. The Kier molecular flexibility index (Phi) is 7.04. The molecule has 3 N–H and O–H groups in total. The Morgan fingerprint density at radius 1 is 1.03 bits per heavy atom. The van der Waals surface area contributed by atoms with Crippen LogP contribution in [0.5, 0.6) is 5.75 Å². The minimum atomic E-state index is -4.59. The van der Waals surface area contributed by atoms with E-state index in [4.69, 9.17) is 0 Å². The topological polar surface area (TPSA) is 89.9 Å². The summed E-state index contributed by atoms with van der Waals surface area (Å²) in [5.74, 6) is -1.77. The average Bonchev–Trinajstić information content (AvgIpc) is 3.13. The van der Waals surface area contributed by atoms with Crippen LogP contribution in [0.4, 0.5) is 30.2 Å². The van der Waals surface area contributed by atoms with Crippen molar-refractivity contribution in [3.63, 3.8) is 0 Å². The van der Waals surface area contributed by atoms with Gasteiger partial charge in [-0.3, -0.25) is 9.69 Å². The van der Waals surface area contributed by atoms with Crippen LogP contribution < -0.4 is 10.2 Å². The number of nitrogens with zero attached hydrogens (tertiary/aromatic N) is 1. The third-order valence-corrected chi connectivity index (χ3v) is 6.43. The van der Waals surface area contributed by atoms with Gasteiger partial charge in [0.15, 0.2) is 0 Å². The van der Waals surface area contributed by atoms with Gasteiger partial charge in [-0.25, -0.2) is 4.79 Å². The van der Waals surface area contributed by atoms with E-state index < -0.39 is 23.6 Å². The number of carboxylic acids is 1. The molecular formula is C29H25F3N2O4. The standard InChI is InChI=1S/C29H25F3N2O4/c1-4-19(28(37)38)12-18-6-10-24(26(35)13-18)33-15-23-22-9-7-20(29(30,31)32)14-25(22)34(27(23)36)21-8-5-16(2)17(3)11-21/h5-15,33,35H,4H2,1-3H3,(H,37,38)/b19-12+,23-15-. The maximum absolute atomic E-state index is 13.5. The Hall–Kier alpha value is -4.53. The van der Waals surface area contributed by atoms with Crippen LogP contribution in [-0.4, -0.2) is 22.1 Å². The third kappa shape index (κ3) is 5.13. The van der Waals surface area contributed by atoms with E-state index in [0.717, 1.165) is 23.3 Å². The molecule has 1 aliphatic heterocycles. The number of rotatable bonds is 6. The normalized spacial score (nSPS) is 14.7. The molecule has 0 saturated heterocycles. The van der Waals surface area contributed by atoms with Crippen LogP contribution in [0, 0.1) is 13.8 Å². The molecule has 3 aromatic carbocycles. The molecule has 0 atom stereocenters. The molecule has 196 valence electrons. The number of carbonyl (C=O) groups excluding carboxylic acids is 1. The van der Waals surface area contributed by atoms with E-state index in [1.807, 2.05) is 13.8 Å². The SMILES string of the molecule is CC/C(=C\c1ccc(N/C=C2\C(=O)N(c3ccc(C)c(C)c3)c3cc(C(F)(F)F)ccc32)c(O)c1)C(=O)O. The van der Waals surface area contributed by atoms with Crippen molar-refractivity contribution >= 4 is 40.6 Å². The number of aryl methyl sites for hydroxylation is 2. The first kappa shape index (κ1) is 26.5. The van der Waals surface area contributed by atoms with Crippen LogP contribution in [0.15, 0.2) is 66.4 Å². The van der Waals surface area contributed by atoms with Gasteiger partial charge in [0.25, 0.3) is 5.91 Å². The maximum Gasteiger partial charge on any atom is 0.416 e. The summed E-state index contributed by atoms with van der Waals surface area (Å²) in [6, 6.07) is 12.9. The van der Waals surface area contributed by atoms with Crippen LogP contribution in [0.1, 0.15) is 41.2 Å². The van der Waals surface area contributed by atoms with E-state index in [-0.39, 0.29) is 28.3 Å². The number of benzene rings is 3. The highest BCUT2D eigenvalue weighted by Crippen LogP contribution is 2.44. The summed E-state index contributed by atoms with van der Waals surface area (Å²) in [5.41, 5.74) is 2.83. The van der Waals surface area contributed by atoms with Gasteiger partial charge in [-0.15, -0.1) is 0 Å². The molecule has 3 aromatic rings. The summed E-state index contributed by atoms with van der Waals surface area (Å²) in [6.45, 7) is 5.46. The number of carboxylic acid groups (broad SMARTS) is 1. The molecule has 0 radical (unpaired) electrons. The number of carbonyl (C=O) groups is 2. The summed E-state index contributed by atoms with van der Waals surface area (Å²) < 4.78 is 40.5. The zero-order valence-electron chi connectivity index (χ0n) is 20.8. The number of aromatic hydroxyl groups is 1. The van der Waals surface area contributed by atoms with E-state index in [0.29, 0.717) is 23.2 Å². The molecule has 0 unspecified atom stereocenters. The summed E-state index contributed by atoms with van der Waals surface area (Å²) >= 11 is 0. The van der Waals surface area contributed by atoms with Crippen LogP contribution in [0.2, 0.25) is 0 Å². The van der Waals surface area contributed by atoms with Crippen LogP contribution >= 0.6 is 0 Å². The van der Waals surface area contributed by atoms with Gasteiger partial charge in [0.05, 0.1) is 22.5 Å². The van der Waals surface area contributed by atoms with Crippen molar-refractivity contribution in [1.82, 2.24) is 0 Å². The fourth-order valence-electron chi connectivity index (χ4n) is 4.15. The Bertz CT molecular complexity index is 1510. The monoisotopic (exact) mass is 522 g/mol. The average molecular weight is 523 g/mol. The van der Waals surface area contributed by atoms with Gasteiger partial charge in [0.1, 0.15) is 5.75 Å². The second-order valence-electron chi connectivity index (χ2n) is 8.95. The van der Waals surface area contributed by atoms with Crippen molar-refractivity contribution in [2.75, 3.05) is 10.2 Å². The molecule has 0 aromatic heterocycles. The number of fused-ring (bicyclic) bond motifs is 1. The maximum atomic E-state index is 13.5. The van der Waals surface area contributed by atoms with Crippen molar-refractivity contribution in [1.29, 1.82) is 0 Å². The van der Waals surface area contributed by atoms with E-state index in [9.17, 15) is 33.0 Å². The number of phenolic OH excluding ortho intramolecular Hbond substituents is 1. The van der Waals surface area contributed by atoms with Gasteiger partial charge in [0, 0.05) is 23.0 Å². The van der Waals surface area contributed by atoms with Crippen molar-refractivity contribution in [2.24, 2.45) is 0 Å². The number of nitrogens with one attached hydrogen (secondary N) is 1. The van der Waals surface area contributed by atoms with Crippen molar-refractivity contribution < 1.29 is 33.0 Å². The van der Waals surface area contributed by atoms with Crippen molar-refractivity contribution in [2.45, 2.75) is 33.4 Å². The largest absolute Gasteiger partial charge is 0.506 e. The Labute approximate surface area is 217 Å². The Balaban J connectivity index is 1.74. The molecule has 6 nitrogen and oxygen atoms in total. The van der Waals surface area contributed by atoms with Gasteiger partial charge < -0.3 is 15.5 Å². The number of alkyl halides is 3. The van der Waals surface area contributed by atoms with Crippen LogP contribution in [0.25, 0.3) is 11.6 Å². The molecule has 1 aliphatic rings. The molecule has 0 bridgehead atoms. The van der Waals surface area contributed by atoms with Crippen molar-refractivity contribution in [3.8, 4) is 5.75 Å². The predicted molar refractivity (Wildman–Crippen MR) is 140 cm³/mol. The number of phenols is 1. The molecular weight excluding hydrogens is 497 g/mol. The highest BCUT2D eigenvalue weighted by Gasteiger charge is 2.38. The zero-order valence-corrected chi connectivity index (χ0v) is 20.8. The quantitative estimate of drug-likeness (QED) is 0.239. The highest BCUT2D eigenvalue weighted by molar-refractivity contribution is 6.35. The summed E-state index contributed by atoms with van der Waals surface area (Å²) in [4.78, 5) is 26.0. The number of halogens is 3. The molecule has 0 spiro atoms. The fraction of sp³-hybridized carbons (Fsp3) is 0.172. The van der Waals surface area contributed by atoms with Gasteiger partial charge in [0.2, 0.25) is 0 Å². The lowest BCUT2D eigenvalue weighted by Gasteiger charge is -2.19. The molecule has 0 saturated carbocycles. The Morgan fingerprint density at radius 3 is 2.37 bits per heavy atom. The van der Waals surface area contributed by atoms with E-state index in [1.54, 1.807) is 31.2 Å². The lowest BCUT2D eigenvalue weighted by Crippen LogP contribution is -2.21. The first-order valence-electron chi connectivity index (χ1n) is 11.8. The van der Waals surface area contributed by atoms with Gasteiger partial charge in [-0.1, -0.05) is 25.1 Å². The molecule has 1 heterocycles. The number of amides is 1. The zero-order chi connectivity index (χ0) is 27.8. The third-order valence-electron chi connectivity index (χ3n) is 6.43. The minimum absolute atomic E-state index is 0.103. The summed E-state index contributed by atoms with van der Waals surface area (Å²) in [5, 5.41) is 22.6. The van der Waals surface area contributed by atoms with E-state index in [2.05, 4.69) is 5.32 Å². The minimum Gasteiger partial charge on any atom is -0.506 e. The lowest BCUT2D eigenvalue weighted by atomic mass is 10.0. The van der Waals surface area contributed by atoms with Gasteiger partial charge in [-0.05, 0) is 79.4 Å². The second kappa shape index (κ2) is 10.1. The van der Waals surface area contributed by atoms with E-state index in [1.165, 1.54) is 35.4 Å². The van der Waals surface area contributed by atoms with Gasteiger partial charge in [-0.2, -0.15) is 13.2 Å². The number of hydrogen-bond donors (Lipinski definition) is 3. The molecule has 0 fully saturated rings.